The molecule has 0 aromatic rings. The molecule has 0 aromatic heterocycles. The number of nitrogens with one attached hydrogen (secondary N) is 1. The minimum atomic E-state index is -4.72. The van der Waals surface area contributed by atoms with Gasteiger partial charge in [-0.05, 0) is 68.6 Å². The molecule has 4 aliphatic rings. The average Bonchev–Trinajstić information content (AvgIpc) is 2.32. The first-order valence-corrected chi connectivity index (χ1v) is 7.75. The fourth-order valence-corrected chi connectivity index (χ4v) is 5.09. The van der Waals surface area contributed by atoms with Crippen LogP contribution in [0.3, 0.4) is 0 Å². The number of carbonyl (C=O) groups excluding carboxylic acids is 1. The molecule has 0 heterocycles. The number of amides is 1. The van der Waals surface area contributed by atoms with E-state index in [4.69, 9.17) is 5.73 Å². The van der Waals surface area contributed by atoms with Crippen molar-refractivity contribution in [2.24, 2.45) is 28.9 Å². The monoisotopic (exact) mass is 304 g/mol. The van der Waals surface area contributed by atoms with Crippen molar-refractivity contribution in [1.82, 2.24) is 5.32 Å². The molecule has 4 saturated carbocycles. The molecule has 6 heteroatoms. The summed E-state index contributed by atoms with van der Waals surface area (Å²) in [6, 6.07) is 0. The molecule has 0 radical (unpaired) electrons. The van der Waals surface area contributed by atoms with E-state index in [1.54, 1.807) is 0 Å². The van der Waals surface area contributed by atoms with Gasteiger partial charge in [-0.15, -0.1) is 0 Å². The maximum absolute atomic E-state index is 12.8. The van der Waals surface area contributed by atoms with E-state index < -0.39 is 17.6 Å². The largest absolute Gasteiger partial charge is 0.415 e. The quantitative estimate of drug-likeness (QED) is 0.842. The summed E-state index contributed by atoms with van der Waals surface area (Å²) in [5, 5.41) is 2.50. The molecule has 0 saturated heterocycles. The van der Waals surface area contributed by atoms with Crippen LogP contribution in [0.1, 0.15) is 45.4 Å². The van der Waals surface area contributed by atoms with E-state index in [1.165, 1.54) is 19.3 Å². The Morgan fingerprint density at radius 3 is 1.95 bits per heavy atom. The number of hydrogen-bond donors (Lipinski definition) is 2. The molecule has 4 aliphatic carbocycles. The van der Waals surface area contributed by atoms with E-state index in [0.29, 0.717) is 24.3 Å². The maximum Gasteiger partial charge on any atom is 0.415 e. The van der Waals surface area contributed by atoms with Crippen LogP contribution in [0, 0.1) is 23.2 Å². The molecule has 0 aromatic carbocycles. The number of carbonyl (C=O) groups is 1. The smallest absolute Gasteiger partial charge is 0.354 e. The lowest BCUT2D eigenvalue weighted by Gasteiger charge is -2.57. The first kappa shape index (κ1) is 15.1. The van der Waals surface area contributed by atoms with Gasteiger partial charge in [0.05, 0.1) is 0 Å². The Labute approximate surface area is 122 Å². The number of alkyl halides is 3. The van der Waals surface area contributed by atoms with Crippen LogP contribution in [0.2, 0.25) is 0 Å². The van der Waals surface area contributed by atoms with Gasteiger partial charge in [0.15, 0.2) is 5.54 Å². The van der Waals surface area contributed by atoms with Crippen molar-refractivity contribution in [2.75, 3.05) is 6.54 Å². The molecule has 21 heavy (non-hydrogen) atoms. The van der Waals surface area contributed by atoms with Gasteiger partial charge in [-0.1, -0.05) is 0 Å². The molecular weight excluding hydrogens is 281 g/mol. The zero-order chi connectivity index (χ0) is 15.5. The normalized spacial score (nSPS) is 40.9. The number of hydrogen-bond acceptors (Lipinski definition) is 2. The lowest BCUT2D eigenvalue weighted by molar-refractivity contribution is -0.188. The Hall–Kier alpha value is -0.780. The highest BCUT2D eigenvalue weighted by Gasteiger charge is 2.55. The van der Waals surface area contributed by atoms with E-state index in [9.17, 15) is 18.0 Å². The minimum absolute atomic E-state index is 0.0199. The van der Waals surface area contributed by atoms with Crippen LogP contribution in [0.4, 0.5) is 13.2 Å². The van der Waals surface area contributed by atoms with E-state index >= 15 is 0 Å². The predicted molar refractivity (Wildman–Crippen MR) is 72.3 cm³/mol. The molecule has 3 nitrogen and oxygen atoms in total. The van der Waals surface area contributed by atoms with E-state index in [2.05, 4.69) is 5.32 Å². The Kier molecular flexibility index (Phi) is 3.32. The van der Waals surface area contributed by atoms with Crippen LogP contribution < -0.4 is 11.1 Å². The summed E-state index contributed by atoms with van der Waals surface area (Å²) in [6.07, 6.45) is 2.23. The van der Waals surface area contributed by atoms with Crippen LogP contribution in [-0.4, -0.2) is 24.2 Å². The second-order valence-corrected chi connectivity index (χ2v) is 7.80. The second kappa shape index (κ2) is 4.61. The SMILES string of the molecule is CC(N)(C(=O)NCC12CC3CC(CC(C3)C1)C2)C(F)(F)F. The Bertz CT molecular complexity index is 409. The van der Waals surface area contributed by atoms with E-state index in [0.717, 1.165) is 26.2 Å². The van der Waals surface area contributed by atoms with Gasteiger partial charge < -0.3 is 11.1 Å². The fraction of sp³-hybridized carbons (Fsp3) is 0.933. The molecule has 1 amide bonds. The third-order valence-corrected chi connectivity index (χ3v) is 5.85. The second-order valence-electron chi connectivity index (χ2n) is 7.80. The summed E-state index contributed by atoms with van der Waals surface area (Å²) in [4.78, 5) is 11.8. The summed E-state index contributed by atoms with van der Waals surface area (Å²) >= 11 is 0. The van der Waals surface area contributed by atoms with Crippen LogP contribution in [0.15, 0.2) is 0 Å². The highest BCUT2D eigenvalue weighted by Crippen LogP contribution is 2.59. The Morgan fingerprint density at radius 2 is 1.57 bits per heavy atom. The molecular formula is C15H23F3N2O. The first-order valence-electron chi connectivity index (χ1n) is 7.75. The van der Waals surface area contributed by atoms with Crippen molar-refractivity contribution in [3.8, 4) is 0 Å². The van der Waals surface area contributed by atoms with Crippen LogP contribution in [-0.2, 0) is 4.79 Å². The zero-order valence-electron chi connectivity index (χ0n) is 12.3. The highest BCUT2D eigenvalue weighted by molar-refractivity contribution is 5.86. The van der Waals surface area contributed by atoms with Crippen LogP contribution in [0.5, 0.6) is 0 Å². The van der Waals surface area contributed by atoms with Crippen LogP contribution >= 0.6 is 0 Å². The highest BCUT2D eigenvalue weighted by atomic mass is 19.4. The van der Waals surface area contributed by atoms with Crippen molar-refractivity contribution < 1.29 is 18.0 Å². The summed E-state index contributed by atoms with van der Waals surface area (Å²) < 4.78 is 38.3. The van der Waals surface area contributed by atoms with Crippen molar-refractivity contribution >= 4 is 5.91 Å². The first-order chi connectivity index (χ1) is 9.61. The molecule has 0 spiro atoms. The van der Waals surface area contributed by atoms with Gasteiger partial charge in [0.25, 0.3) is 0 Å². The summed E-state index contributed by atoms with van der Waals surface area (Å²) in [7, 11) is 0. The van der Waals surface area contributed by atoms with Crippen molar-refractivity contribution in [1.29, 1.82) is 0 Å². The van der Waals surface area contributed by atoms with Gasteiger partial charge in [-0.2, -0.15) is 13.2 Å². The van der Waals surface area contributed by atoms with Crippen molar-refractivity contribution in [3.05, 3.63) is 0 Å². The summed E-state index contributed by atoms with van der Waals surface area (Å²) in [5.74, 6) is 1.02. The molecule has 0 aliphatic heterocycles. The lowest BCUT2D eigenvalue weighted by Crippen LogP contribution is -2.63. The lowest BCUT2D eigenvalue weighted by atomic mass is 9.49. The molecule has 4 fully saturated rings. The summed E-state index contributed by atoms with van der Waals surface area (Å²) in [6.45, 7) is 1.08. The zero-order valence-corrected chi connectivity index (χ0v) is 12.3. The van der Waals surface area contributed by atoms with Crippen molar-refractivity contribution in [2.45, 2.75) is 57.2 Å². The molecule has 4 rings (SSSR count). The van der Waals surface area contributed by atoms with Gasteiger partial charge in [0, 0.05) is 6.54 Å². The molecule has 3 N–H and O–H groups in total. The third-order valence-electron chi connectivity index (χ3n) is 5.85. The standard InChI is InChI=1S/C15H23F3N2O/c1-13(19,15(16,17)18)12(21)20-8-14-5-9-2-10(6-14)4-11(3-9)7-14/h9-11H,2-8,19H2,1H3,(H,20,21). The van der Waals surface area contributed by atoms with Gasteiger partial charge in [0.1, 0.15) is 0 Å². The fourth-order valence-electron chi connectivity index (χ4n) is 5.09. The molecule has 1 unspecified atom stereocenters. The Balaban J connectivity index is 1.64. The molecule has 1 atom stereocenters. The maximum atomic E-state index is 12.8. The average molecular weight is 304 g/mol. The van der Waals surface area contributed by atoms with E-state index in [-0.39, 0.29) is 5.41 Å². The predicted octanol–water partition coefficient (Wildman–Crippen LogP) is 2.60. The van der Waals surface area contributed by atoms with Gasteiger partial charge in [0.2, 0.25) is 5.91 Å². The third kappa shape index (κ3) is 2.56. The molecule has 120 valence electrons. The molecule has 4 bridgehead atoms. The Morgan fingerprint density at radius 1 is 1.14 bits per heavy atom. The topological polar surface area (TPSA) is 55.1 Å². The minimum Gasteiger partial charge on any atom is -0.354 e. The van der Waals surface area contributed by atoms with Gasteiger partial charge in [-0.25, -0.2) is 0 Å². The number of halogens is 3. The number of rotatable bonds is 3. The number of nitrogens with two attached hydrogens (primary N) is 1. The van der Waals surface area contributed by atoms with Crippen LogP contribution in [0.25, 0.3) is 0 Å². The van der Waals surface area contributed by atoms with Gasteiger partial charge in [-0.3, -0.25) is 4.79 Å². The van der Waals surface area contributed by atoms with E-state index in [1.807, 2.05) is 0 Å². The van der Waals surface area contributed by atoms with Gasteiger partial charge >= 0.3 is 6.18 Å². The van der Waals surface area contributed by atoms with Crippen molar-refractivity contribution in [3.63, 3.8) is 0 Å². The summed E-state index contributed by atoms with van der Waals surface area (Å²) in [5.41, 5.74) is 2.39.